The molecule has 0 aliphatic carbocycles. The van der Waals surface area contributed by atoms with Gasteiger partial charge in [0.2, 0.25) is 5.82 Å². The van der Waals surface area contributed by atoms with Crippen molar-refractivity contribution in [3.8, 4) is 28.7 Å². The van der Waals surface area contributed by atoms with Crippen LogP contribution in [0.25, 0.3) is 28.7 Å². The Morgan fingerprint density at radius 3 is 2.46 bits per heavy atom. The van der Waals surface area contributed by atoms with Gasteiger partial charge in [0.05, 0.1) is 11.4 Å². The van der Waals surface area contributed by atoms with Gasteiger partial charge < -0.3 is 4.52 Å². The summed E-state index contributed by atoms with van der Waals surface area (Å²) in [5.74, 6) is 0.921. The average molecular weight is 317 g/mol. The van der Waals surface area contributed by atoms with Crippen LogP contribution >= 0.6 is 0 Å². The molecule has 2 aromatic heterocycles. The number of hydrogen-bond donors (Lipinski definition) is 0. The SMILES string of the molecule is Cc1ccccc1-c1noc(-c2nnn(-c3ccccc3)c2C)n1. The highest BCUT2D eigenvalue weighted by Crippen LogP contribution is 2.25. The number of para-hydroxylation sites is 1. The summed E-state index contributed by atoms with van der Waals surface area (Å²) < 4.78 is 7.17. The fraction of sp³-hybridized carbons (Fsp3) is 0.111. The van der Waals surface area contributed by atoms with E-state index < -0.39 is 0 Å². The molecule has 6 heteroatoms. The number of nitrogens with zero attached hydrogens (tertiary/aromatic N) is 5. The lowest BCUT2D eigenvalue weighted by atomic mass is 10.1. The van der Waals surface area contributed by atoms with E-state index in [0.29, 0.717) is 17.4 Å². The van der Waals surface area contributed by atoms with Crippen LogP contribution < -0.4 is 0 Å². The highest BCUT2D eigenvalue weighted by Gasteiger charge is 2.19. The van der Waals surface area contributed by atoms with Gasteiger partial charge >= 0.3 is 0 Å². The number of benzene rings is 2. The molecule has 0 unspecified atom stereocenters. The first-order valence-corrected chi connectivity index (χ1v) is 7.62. The Kier molecular flexibility index (Phi) is 3.42. The molecule has 0 saturated heterocycles. The minimum absolute atomic E-state index is 0.368. The molecule has 6 nitrogen and oxygen atoms in total. The van der Waals surface area contributed by atoms with Gasteiger partial charge in [0.15, 0.2) is 5.69 Å². The molecule has 4 rings (SSSR count). The van der Waals surface area contributed by atoms with E-state index in [1.54, 1.807) is 4.68 Å². The first-order chi connectivity index (χ1) is 11.7. The maximum absolute atomic E-state index is 5.41. The zero-order chi connectivity index (χ0) is 16.5. The van der Waals surface area contributed by atoms with Crippen LogP contribution in [-0.2, 0) is 0 Å². The van der Waals surface area contributed by atoms with Gasteiger partial charge in [-0.15, -0.1) is 5.10 Å². The predicted molar refractivity (Wildman–Crippen MR) is 89.6 cm³/mol. The van der Waals surface area contributed by atoms with Crippen LogP contribution in [0, 0.1) is 13.8 Å². The van der Waals surface area contributed by atoms with Crippen LogP contribution in [-0.4, -0.2) is 25.1 Å². The van der Waals surface area contributed by atoms with Crippen LogP contribution in [0.2, 0.25) is 0 Å². The Morgan fingerprint density at radius 2 is 1.67 bits per heavy atom. The van der Waals surface area contributed by atoms with Crippen LogP contribution in [0.4, 0.5) is 0 Å². The summed E-state index contributed by atoms with van der Waals surface area (Å²) in [5.41, 5.74) is 4.41. The highest BCUT2D eigenvalue weighted by atomic mass is 16.5. The Balaban J connectivity index is 1.74. The second kappa shape index (κ2) is 5.73. The maximum atomic E-state index is 5.41. The van der Waals surface area contributed by atoms with Crippen molar-refractivity contribution in [3.63, 3.8) is 0 Å². The van der Waals surface area contributed by atoms with Gasteiger partial charge in [-0.1, -0.05) is 52.8 Å². The summed E-state index contributed by atoms with van der Waals surface area (Å²) in [5, 5.41) is 12.5. The van der Waals surface area contributed by atoms with Crippen molar-refractivity contribution >= 4 is 0 Å². The third-order valence-electron chi connectivity index (χ3n) is 3.91. The van der Waals surface area contributed by atoms with Gasteiger partial charge in [0, 0.05) is 5.56 Å². The van der Waals surface area contributed by atoms with E-state index >= 15 is 0 Å². The van der Waals surface area contributed by atoms with Crippen molar-refractivity contribution in [2.45, 2.75) is 13.8 Å². The summed E-state index contributed by atoms with van der Waals surface area (Å²) in [4.78, 5) is 4.49. The largest absolute Gasteiger partial charge is 0.332 e. The molecule has 118 valence electrons. The van der Waals surface area contributed by atoms with E-state index in [1.807, 2.05) is 68.4 Å². The lowest BCUT2D eigenvalue weighted by molar-refractivity contribution is 0.430. The lowest BCUT2D eigenvalue weighted by Crippen LogP contribution is -1.98. The molecule has 4 aromatic rings. The van der Waals surface area contributed by atoms with Crippen molar-refractivity contribution < 1.29 is 4.52 Å². The molecule has 2 heterocycles. The molecule has 0 bridgehead atoms. The average Bonchev–Trinajstić information content (AvgIpc) is 3.23. The molecule has 0 aliphatic heterocycles. The first kappa shape index (κ1) is 14.3. The van der Waals surface area contributed by atoms with E-state index in [9.17, 15) is 0 Å². The van der Waals surface area contributed by atoms with Crippen molar-refractivity contribution in [3.05, 3.63) is 65.9 Å². The van der Waals surface area contributed by atoms with Gasteiger partial charge in [-0.05, 0) is 31.5 Å². The molecule has 2 aromatic carbocycles. The van der Waals surface area contributed by atoms with Gasteiger partial charge in [-0.2, -0.15) is 4.98 Å². The zero-order valence-corrected chi connectivity index (χ0v) is 13.3. The first-order valence-electron chi connectivity index (χ1n) is 7.62. The number of aryl methyl sites for hydroxylation is 1. The van der Waals surface area contributed by atoms with Crippen molar-refractivity contribution in [2.75, 3.05) is 0 Å². The summed E-state index contributed by atoms with van der Waals surface area (Å²) in [6.07, 6.45) is 0. The predicted octanol–water partition coefficient (Wildman–Crippen LogP) is 3.60. The molecule has 0 fully saturated rings. The molecule has 0 amide bonds. The number of hydrogen-bond acceptors (Lipinski definition) is 5. The van der Waals surface area contributed by atoms with E-state index in [1.165, 1.54) is 0 Å². The number of rotatable bonds is 3. The van der Waals surface area contributed by atoms with Crippen LogP contribution in [0.1, 0.15) is 11.3 Å². The second-order valence-electron chi connectivity index (χ2n) is 5.51. The van der Waals surface area contributed by atoms with Gasteiger partial charge in [-0.3, -0.25) is 0 Å². The topological polar surface area (TPSA) is 69.6 Å². The minimum atomic E-state index is 0.368. The normalized spacial score (nSPS) is 10.9. The van der Waals surface area contributed by atoms with Crippen molar-refractivity contribution in [1.82, 2.24) is 25.1 Å². The molecule has 0 spiro atoms. The van der Waals surface area contributed by atoms with E-state index in [0.717, 1.165) is 22.5 Å². The molecule has 0 atom stereocenters. The van der Waals surface area contributed by atoms with Crippen LogP contribution in [0.3, 0.4) is 0 Å². The van der Waals surface area contributed by atoms with E-state index in [2.05, 4.69) is 20.5 Å². The van der Waals surface area contributed by atoms with Gasteiger partial charge in [0.25, 0.3) is 5.89 Å². The maximum Gasteiger partial charge on any atom is 0.280 e. The second-order valence-corrected chi connectivity index (χ2v) is 5.51. The summed E-state index contributed by atoms with van der Waals surface area (Å²) >= 11 is 0. The number of aromatic nitrogens is 5. The Bertz CT molecular complexity index is 988. The fourth-order valence-electron chi connectivity index (χ4n) is 2.59. The molecule has 0 radical (unpaired) electrons. The van der Waals surface area contributed by atoms with Crippen molar-refractivity contribution in [2.24, 2.45) is 0 Å². The van der Waals surface area contributed by atoms with E-state index in [-0.39, 0.29) is 0 Å². The van der Waals surface area contributed by atoms with Gasteiger partial charge in [-0.25, -0.2) is 4.68 Å². The summed E-state index contributed by atoms with van der Waals surface area (Å²) in [6.45, 7) is 3.95. The van der Waals surface area contributed by atoms with Crippen LogP contribution in [0.15, 0.2) is 59.1 Å². The molecule has 0 saturated carbocycles. The Hall–Kier alpha value is -3.28. The quantitative estimate of drug-likeness (QED) is 0.577. The third kappa shape index (κ3) is 2.38. The minimum Gasteiger partial charge on any atom is -0.332 e. The molecule has 0 aliphatic rings. The van der Waals surface area contributed by atoms with E-state index in [4.69, 9.17) is 4.52 Å². The zero-order valence-electron chi connectivity index (χ0n) is 13.3. The van der Waals surface area contributed by atoms with Crippen molar-refractivity contribution in [1.29, 1.82) is 0 Å². The standard InChI is InChI=1S/C18H15N5O/c1-12-8-6-7-11-15(12)17-19-18(24-21-17)16-13(2)23(22-20-16)14-9-4-3-5-10-14/h3-11H,1-2H3. The Morgan fingerprint density at radius 1 is 0.917 bits per heavy atom. The molecule has 0 N–H and O–H groups in total. The lowest BCUT2D eigenvalue weighted by Gasteiger charge is -2.01. The molecular weight excluding hydrogens is 302 g/mol. The summed E-state index contributed by atoms with van der Waals surface area (Å²) in [7, 11) is 0. The Labute approximate surface area is 138 Å². The molecule has 24 heavy (non-hydrogen) atoms. The van der Waals surface area contributed by atoms with Crippen LogP contribution in [0.5, 0.6) is 0 Å². The summed E-state index contributed by atoms with van der Waals surface area (Å²) in [6, 6.07) is 17.7. The van der Waals surface area contributed by atoms with Gasteiger partial charge in [0.1, 0.15) is 0 Å². The highest BCUT2D eigenvalue weighted by molar-refractivity contribution is 5.62. The third-order valence-corrected chi connectivity index (χ3v) is 3.91. The molecular formula is C18H15N5O. The monoisotopic (exact) mass is 317 g/mol. The fourth-order valence-corrected chi connectivity index (χ4v) is 2.59. The smallest absolute Gasteiger partial charge is 0.280 e.